The van der Waals surface area contributed by atoms with Gasteiger partial charge in [-0.1, -0.05) is 13.0 Å². The Morgan fingerprint density at radius 1 is 1.45 bits per heavy atom. The van der Waals surface area contributed by atoms with Gasteiger partial charge in [0.25, 0.3) is 0 Å². The Labute approximate surface area is 122 Å². The van der Waals surface area contributed by atoms with Crippen molar-refractivity contribution in [1.82, 2.24) is 9.29 Å². The van der Waals surface area contributed by atoms with Crippen LogP contribution in [0.15, 0.2) is 34.7 Å². The molecule has 20 heavy (non-hydrogen) atoms. The van der Waals surface area contributed by atoms with Crippen molar-refractivity contribution in [3.63, 3.8) is 0 Å². The summed E-state index contributed by atoms with van der Waals surface area (Å²) in [6.07, 6.45) is 2.45. The van der Waals surface area contributed by atoms with Gasteiger partial charge in [0.15, 0.2) is 0 Å². The molecule has 0 aliphatic rings. The molecule has 2 heterocycles. The zero-order chi connectivity index (χ0) is 14.6. The van der Waals surface area contributed by atoms with Crippen LogP contribution in [0.3, 0.4) is 0 Å². The molecular formula is C13H18N2O3S2. The van der Waals surface area contributed by atoms with E-state index in [2.05, 4.69) is 4.72 Å². The summed E-state index contributed by atoms with van der Waals surface area (Å²) < 4.78 is 28.8. The summed E-state index contributed by atoms with van der Waals surface area (Å²) in [4.78, 5) is 1.16. The van der Waals surface area contributed by atoms with E-state index in [1.165, 1.54) is 17.4 Å². The monoisotopic (exact) mass is 314 g/mol. The highest BCUT2D eigenvalue weighted by Crippen LogP contribution is 2.16. The predicted octanol–water partition coefficient (Wildman–Crippen LogP) is 1.93. The molecule has 2 aromatic rings. The molecule has 0 radical (unpaired) electrons. The number of nitrogens with zero attached hydrogens (tertiary/aromatic N) is 1. The van der Waals surface area contributed by atoms with Crippen molar-refractivity contribution in [2.24, 2.45) is 0 Å². The smallest absolute Gasteiger partial charge is 0.242 e. The van der Waals surface area contributed by atoms with Crippen molar-refractivity contribution in [2.45, 2.75) is 37.9 Å². The normalized spacial score (nSPS) is 11.9. The second-order valence-corrected chi connectivity index (χ2v) is 7.22. The average Bonchev–Trinajstić information content (AvgIpc) is 3.06. The molecule has 0 amide bonds. The molecule has 0 saturated carbocycles. The zero-order valence-electron chi connectivity index (χ0n) is 11.2. The minimum absolute atomic E-state index is 0.166. The first-order valence-electron chi connectivity index (χ1n) is 6.38. The van der Waals surface area contributed by atoms with E-state index in [-0.39, 0.29) is 18.0 Å². The third-order valence-electron chi connectivity index (χ3n) is 2.91. The molecule has 0 unspecified atom stereocenters. The van der Waals surface area contributed by atoms with Gasteiger partial charge in [-0.15, -0.1) is 11.3 Å². The van der Waals surface area contributed by atoms with Crippen LogP contribution in [0.25, 0.3) is 0 Å². The Morgan fingerprint density at radius 2 is 2.25 bits per heavy atom. The van der Waals surface area contributed by atoms with Crippen molar-refractivity contribution in [1.29, 1.82) is 0 Å². The maximum Gasteiger partial charge on any atom is 0.242 e. The highest BCUT2D eigenvalue weighted by molar-refractivity contribution is 7.89. The molecule has 0 bridgehead atoms. The summed E-state index contributed by atoms with van der Waals surface area (Å²) in [5.41, 5.74) is 0.614. The molecule has 0 aromatic carbocycles. The molecule has 0 aliphatic carbocycles. The molecular weight excluding hydrogens is 296 g/mol. The highest BCUT2D eigenvalue weighted by Gasteiger charge is 2.18. The van der Waals surface area contributed by atoms with Gasteiger partial charge in [0.2, 0.25) is 10.0 Å². The van der Waals surface area contributed by atoms with E-state index in [0.717, 1.165) is 11.3 Å². The van der Waals surface area contributed by atoms with Gasteiger partial charge in [0.05, 0.1) is 11.5 Å². The van der Waals surface area contributed by atoms with Crippen molar-refractivity contribution in [2.75, 3.05) is 0 Å². The summed E-state index contributed by atoms with van der Waals surface area (Å²) in [7, 11) is -3.54. The minimum atomic E-state index is -3.54. The van der Waals surface area contributed by atoms with Crippen LogP contribution in [0.4, 0.5) is 0 Å². The summed E-state index contributed by atoms with van der Waals surface area (Å²) in [6, 6.07) is 5.29. The SMILES string of the molecule is CCCn1cc(S(=O)(=O)NCc2cccs2)cc1CO. The molecule has 110 valence electrons. The number of nitrogens with one attached hydrogen (secondary N) is 1. The van der Waals surface area contributed by atoms with Crippen LogP contribution in [0, 0.1) is 0 Å². The van der Waals surface area contributed by atoms with E-state index < -0.39 is 10.0 Å². The molecule has 5 nitrogen and oxygen atoms in total. The number of sulfonamides is 1. The van der Waals surface area contributed by atoms with Crippen molar-refractivity contribution in [3.05, 3.63) is 40.3 Å². The third-order valence-corrected chi connectivity index (χ3v) is 5.16. The molecule has 7 heteroatoms. The van der Waals surface area contributed by atoms with E-state index in [0.29, 0.717) is 12.2 Å². The fourth-order valence-corrected chi connectivity index (χ4v) is 3.72. The summed E-state index contributed by atoms with van der Waals surface area (Å²) in [5, 5.41) is 11.2. The summed E-state index contributed by atoms with van der Waals surface area (Å²) in [5.74, 6) is 0. The number of aromatic nitrogens is 1. The molecule has 0 fully saturated rings. The number of aliphatic hydroxyl groups excluding tert-OH is 1. The van der Waals surface area contributed by atoms with Gasteiger partial charge >= 0.3 is 0 Å². The van der Waals surface area contributed by atoms with Gasteiger partial charge in [-0.3, -0.25) is 0 Å². The molecule has 0 aliphatic heterocycles. The predicted molar refractivity (Wildman–Crippen MR) is 79.0 cm³/mol. The first-order chi connectivity index (χ1) is 9.56. The Morgan fingerprint density at radius 3 is 2.85 bits per heavy atom. The Bertz CT molecular complexity index is 645. The second-order valence-electron chi connectivity index (χ2n) is 4.42. The van der Waals surface area contributed by atoms with Crippen LogP contribution in [0.1, 0.15) is 23.9 Å². The van der Waals surface area contributed by atoms with Crippen LogP contribution in [0.5, 0.6) is 0 Å². The van der Waals surface area contributed by atoms with Crippen LogP contribution >= 0.6 is 11.3 Å². The second kappa shape index (κ2) is 6.53. The molecule has 0 saturated heterocycles. The zero-order valence-corrected chi connectivity index (χ0v) is 12.9. The van der Waals surface area contributed by atoms with Gasteiger partial charge in [0, 0.05) is 29.9 Å². The Hall–Kier alpha value is -1.15. The Kier molecular flexibility index (Phi) is 4.98. The van der Waals surface area contributed by atoms with Crippen LogP contribution in [-0.2, 0) is 29.7 Å². The summed E-state index contributed by atoms with van der Waals surface area (Å²) in [6.45, 7) is 2.81. The number of hydrogen-bond acceptors (Lipinski definition) is 4. The third kappa shape index (κ3) is 3.49. The summed E-state index contributed by atoms with van der Waals surface area (Å²) >= 11 is 1.51. The number of hydrogen-bond donors (Lipinski definition) is 2. The van der Waals surface area contributed by atoms with Crippen molar-refractivity contribution >= 4 is 21.4 Å². The van der Waals surface area contributed by atoms with Gasteiger partial charge in [0.1, 0.15) is 0 Å². The molecule has 0 atom stereocenters. The van der Waals surface area contributed by atoms with Crippen molar-refractivity contribution < 1.29 is 13.5 Å². The molecule has 2 N–H and O–H groups in total. The largest absolute Gasteiger partial charge is 0.390 e. The standard InChI is InChI=1S/C13H18N2O3S2/c1-2-5-15-9-13(7-11(15)10-16)20(17,18)14-8-12-4-3-6-19-12/h3-4,6-7,9,14,16H,2,5,8,10H2,1H3. The molecule has 2 rings (SSSR count). The van der Waals surface area contributed by atoms with Gasteiger partial charge in [-0.25, -0.2) is 13.1 Å². The number of aryl methyl sites for hydroxylation is 1. The number of aliphatic hydroxyl groups is 1. The lowest BCUT2D eigenvalue weighted by Crippen LogP contribution is -2.22. The topological polar surface area (TPSA) is 71.3 Å². The fraction of sp³-hybridized carbons (Fsp3) is 0.385. The highest BCUT2D eigenvalue weighted by atomic mass is 32.2. The molecule has 2 aromatic heterocycles. The molecule has 0 spiro atoms. The van der Waals surface area contributed by atoms with Crippen LogP contribution in [0.2, 0.25) is 0 Å². The van der Waals surface area contributed by atoms with E-state index in [4.69, 9.17) is 0 Å². The maximum atomic E-state index is 12.2. The number of rotatable bonds is 7. The van der Waals surface area contributed by atoms with E-state index >= 15 is 0 Å². The maximum absolute atomic E-state index is 12.2. The minimum Gasteiger partial charge on any atom is -0.390 e. The van der Waals surface area contributed by atoms with E-state index in [1.54, 1.807) is 10.8 Å². The van der Waals surface area contributed by atoms with Crippen LogP contribution in [-0.4, -0.2) is 18.1 Å². The van der Waals surface area contributed by atoms with Crippen LogP contribution < -0.4 is 4.72 Å². The first kappa shape index (κ1) is 15.2. The quantitative estimate of drug-likeness (QED) is 0.820. The lowest BCUT2D eigenvalue weighted by Gasteiger charge is -2.04. The van der Waals surface area contributed by atoms with E-state index in [1.807, 2.05) is 24.4 Å². The lowest BCUT2D eigenvalue weighted by atomic mass is 10.4. The average molecular weight is 314 g/mol. The number of thiophene rings is 1. The first-order valence-corrected chi connectivity index (χ1v) is 8.75. The van der Waals surface area contributed by atoms with Gasteiger partial charge < -0.3 is 9.67 Å². The van der Waals surface area contributed by atoms with E-state index in [9.17, 15) is 13.5 Å². The fourth-order valence-electron chi connectivity index (χ4n) is 1.92. The van der Waals surface area contributed by atoms with Gasteiger partial charge in [-0.2, -0.15) is 0 Å². The van der Waals surface area contributed by atoms with Crippen molar-refractivity contribution in [3.8, 4) is 0 Å². The van der Waals surface area contributed by atoms with Gasteiger partial charge in [-0.05, 0) is 23.9 Å². The lowest BCUT2D eigenvalue weighted by molar-refractivity contribution is 0.270. The Balaban J connectivity index is 2.16.